The molecule has 0 unspecified atom stereocenters. The molecule has 100 valence electrons. The maximum absolute atomic E-state index is 6.24. The largest absolute Gasteiger partial charge is 0.495 e. The van der Waals surface area contributed by atoms with Gasteiger partial charge in [-0.25, -0.2) is 0 Å². The molecule has 1 aliphatic rings. The number of aryl methyl sites for hydroxylation is 1. The summed E-state index contributed by atoms with van der Waals surface area (Å²) in [6.07, 6.45) is 0.941. The quantitative estimate of drug-likeness (QED) is 0.912. The Hall–Kier alpha value is -0.930. The molecule has 1 aromatic carbocycles. The molecule has 4 heteroatoms. The van der Waals surface area contributed by atoms with Crippen LogP contribution >= 0.6 is 11.6 Å². The Morgan fingerprint density at radius 1 is 1.50 bits per heavy atom. The molecule has 1 saturated heterocycles. The van der Waals surface area contributed by atoms with Gasteiger partial charge in [0.1, 0.15) is 5.75 Å². The van der Waals surface area contributed by atoms with Crippen molar-refractivity contribution in [2.75, 3.05) is 31.6 Å². The number of anilines is 1. The van der Waals surface area contributed by atoms with Crippen LogP contribution in [-0.4, -0.2) is 32.8 Å². The van der Waals surface area contributed by atoms with Crippen molar-refractivity contribution in [1.29, 1.82) is 0 Å². The Kier molecular flexibility index (Phi) is 4.36. The molecule has 18 heavy (non-hydrogen) atoms. The molecule has 0 saturated carbocycles. The lowest BCUT2D eigenvalue weighted by molar-refractivity contribution is 0.409. The van der Waals surface area contributed by atoms with Crippen LogP contribution in [0.4, 0.5) is 5.69 Å². The van der Waals surface area contributed by atoms with Crippen LogP contribution in [0.1, 0.15) is 19.4 Å². The standard InChI is InChI=1S/C14H21ClN2O/c1-4-11-7-13(14(18-3)8-12(11)15)17-6-5-16-9-10(17)2/h7-8,10,16H,4-6,9H2,1-3H3/t10-/m0/s1. The van der Waals surface area contributed by atoms with Crippen LogP contribution in [0.5, 0.6) is 5.75 Å². The van der Waals surface area contributed by atoms with Crippen molar-refractivity contribution in [2.24, 2.45) is 0 Å². The molecule has 1 N–H and O–H groups in total. The summed E-state index contributed by atoms with van der Waals surface area (Å²) in [5.74, 6) is 0.867. The molecular formula is C14H21ClN2O. The number of ether oxygens (including phenoxy) is 1. The summed E-state index contributed by atoms with van der Waals surface area (Å²) in [7, 11) is 1.70. The van der Waals surface area contributed by atoms with Crippen molar-refractivity contribution in [1.82, 2.24) is 5.32 Å². The topological polar surface area (TPSA) is 24.5 Å². The number of nitrogens with zero attached hydrogens (tertiary/aromatic N) is 1. The molecule has 1 fully saturated rings. The Morgan fingerprint density at radius 3 is 2.89 bits per heavy atom. The van der Waals surface area contributed by atoms with Crippen LogP contribution in [0.25, 0.3) is 0 Å². The molecule has 0 bridgehead atoms. The fourth-order valence-corrected chi connectivity index (χ4v) is 2.73. The molecule has 1 heterocycles. The third-order valence-corrected chi connectivity index (χ3v) is 3.89. The number of piperazine rings is 1. The molecule has 3 nitrogen and oxygen atoms in total. The van der Waals surface area contributed by atoms with E-state index in [1.807, 2.05) is 6.07 Å². The maximum atomic E-state index is 6.24. The van der Waals surface area contributed by atoms with Gasteiger partial charge in [-0.05, 0) is 25.0 Å². The smallest absolute Gasteiger partial charge is 0.143 e. The molecule has 1 atom stereocenters. The normalized spacial score (nSPS) is 20.0. The maximum Gasteiger partial charge on any atom is 0.143 e. The Morgan fingerprint density at radius 2 is 2.28 bits per heavy atom. The van der Waals surface area contributed by atoms with Crippen LogP contribution < -0.4 is 15.0 Å². The number of methoxy groups -OCH3 is 1. The first-order valence-corrected chi connectivity index (χ1v) is 6.89. The summed E-state index contributed by atoms with van der Waals surface area (Å²) in [4.78, 5) is 2.39. The average molecular weight is 269 g/mol. The Labute approximate surface area is 114 Å². The van der Waals surface area contributed by atoms with Crippen molar-refractivity contribution < 1.29 is 4.74 Å². The van der Waals surface area contributed by atoms with Gasteiger partial charge in [0, 0.05) is 36.8 Å². The van der Waals surface area contributed by atoms with E-state index < -0.39 is 0 Å². The van der Waals surface area contributed by atoms with E-state index in [2.05, 4.69) is 30.1 Å². The molecular weight excluding hydrogens is 248 g/mol. The van der Waals surface area contributed by atoms with Gasteiger partial charge in [-0.2, -0.15) is 0 Å². The lowest BCUT2D eigenvalue weighted by Crippen LogP contribution is -2.50. The Balaban J connectivity index is 2.40. The molecule has 1 aromatic rings. The van der Waals surface area contributed by atoms with Gasteiger partial charge in [0.15, 0.2) is 0 Å². The fraction of sp³-hybridized carbons (Fsp3) is 0.571. The molecule has 2 rings (SSSR count). The van der Waals surface area contributed by atoms with Gasteiger partial charge in [0.25, 0.3) is 0 Å². The van der Waals surface area contributed by atoms with Crippen LogP contribution in [0.15, 0.2) is 12.1 Å². The molecule has 0 aliphatic carbocycles. The van der Waals surface area contributed by atoms with Gasteiger partial charge in [-0.1, -0.05) is 18.5 Å². The van der Waals surface area contributed by atoms with Gasteiger partial charge in [-0.3, -0.25) is 0 Å². The zero-order chi connectivity index (χ0) is 13.1. The SMILES string of the molecule is CCc1cc(N2CCNC[C@@H]2C)c(OC)cc1Cl. The lowest BCUT2D eigenvalue weighted by atomic mass is 10.1. The average Bonchev–Trinajstić information content (AvgIpc) is 2.39. The van der Waals surface area contributed by atoms with Crippen molar-refractivity contribution in [3.05, 3.63) is 22.7 Å². The van der Waals surface area contributed by atoms with E-state index >= 15 is 0 Å². The fourth-order valence-electron chi connectivity index (χ4n) is 2.44. The number of hydrogen-bond acceptors (Lipinski definition) is 3. The van der Waals surface area contributed by atoms with E-state index in [-0.39, 0.29) is 0 Å². The zero-order valence-electron chi connectivity index (χ0n) is 11.3. The van der Waals surface area contributed by atoms with Gasteiger partial charge in [-0.15, -0.1) is 0 Å². The second-order valence-electron chi connectivity index (χ2n) is 4.72. The highest BCUT2D eigenvalue weighted by molar-refractivity contribution is 6.31. The van der Waals surface area contributed by atoms with Crippen molar-refractivity contribution >= 4 is 17.3 Å². The van der Waals surface area contributed by atoms with E-state index in [0.717, 1.165) is 42.5 Å². The highest BCUT2D eigenvalue weighted by atomic mass is 35.5. The van der Waals surface area contributed by atoms with E-state index in [0.29, 0.717) is 6.04 Å². The molecule has 0 spiro atoms. The van der Waals surface area contributed by atoms with Crippen LogP contribution in [-0.2, 0) is 6.42 Å². The van der Waals surface area contributed by atoms with Crippen molar-refractivity contribution in [3.8, 4) is 5.75 Å². The summed E-state index contributed by atoms with van der Waals surface area (Å²) in [6.45, 7) is 7.37. The highest BCUT2D eigenvalue weighted by Gasteiger charge is 2.22. The molecule has 1 aliphatic heterocycles. The highest BCUT2D eigenvalue weighted by Crippen LogP contribution is 2.35. The first-order chi connectivity index (χ1) is 8.67. The number of halogens is 1. The van der Waals surface area contributed by atoms with Gasteiger partial charge >= 0.3 is 0 Å². The summed E-state index contributed by atoms with van der Waals surface area (Å²) in [6, 6.07) is 4.58. The second kappa shape index (κ2) is 5.81. The second-order valence-corrected chi connectivity index (χ2v) is 5.12. The summed E-state index contributed by atoms with van der Waals surface area (Å²) >= 11 is 6.24. The monoisotopic (exact) mass is 268 g/mol. The van der Waals surface area contributed by atoms with Crippen molar-refractivity contribution in [2.45, 2.75) is 26.3 Å². The van der Waals surface area contributed by atoms with Crippen LogP contribution in [0.2, 0.25) is 5.02 Å². The minimum absolute atomic E-state index is 0.471. The van der Waals surface area contributed by atoms with Crippen LogP contribution in [0, 0.1) is 0 Å². The third-order valence-electron chi connectivity index (χ3n) is 3.54. The van der Waals surface area contributed by atoms with E-state index in [1.54, 1.807) is 7.11 Å². The van der Waals surface area contributed by atoms with Gasteiger partial charge < -0.3 is 15.0 Å². The van der Waals surface area contributed by atoms with E-state index in [1.165, 1.54) is 5.56 Å². The summed E-state index contributed by atoms with van der Waals surface area (Å²) in [5, 5.41) is 4.20. The molecule has 0 aromatic heterocycles. The number of nitrogens with one attached hydrogen (secondary N) is 1. The Bertz CT molecular complexity index is 423. The first-order valence-electron chi connectivity index (χ1n) is 6.51. The summed E-state index contributed by atoms with van der Waals surface area (Å²) in [5.41, 5.74) is 2.34. The van der Waals surface area contributed by atoms with Gasteiger partial charge in [0.05, 0.1) is 12.8 Å². The predicted octanol–water partition coefficient (Wildman–Crippen LogP) is 2.71. The number of rotatable bonds is 3. The first kappa shape index (κ1) is 13.5. The van der Waals surface area contributed by atoms with E-state index in [4.69, 9.17) is 16.3 Å². The number of hydrogen-bond donors (Lipinski definition) is 1. The van der Waals surface area contributed by atoms with E-state index in [9.17, 15) is 0 Å². The zero-order valence-corrected chi connectivity index (χ0v) is 12.0. The lowest BCUT2D eigenvalue weighted by Gasteiger charge is -2.37. The van der Waals surface area contributed by atoms with Crippen molar-refractivity contribution in [3.63, 3.8) is 0 Å². The van der Waals surface area contributed by atoms with Gasteiger partial charge in [0.2, 0.25) is 0 Å². The van der Waals surface area contributed by atoms with Crippen LogP contribution in [0.3, 0.4) is 0 Å². The molecule has 0 amide bonds. The minimum Gasteiger partial charge on any atom is -0.495 e. The molecule has 0 radical (unpaired) electrons. The number of benzene rings is 1. The predicted molar refractivity (Wildman–Crippen MR) is 77.1 cm³/mol. The third kappa shape index (κ3) is 2.57. The summed E-state index contributed by atoms with van der Waals surface area (Å²) < 4.78 is 5.48. The minimum atomic E-state index is 0.471.